The van der Waals surface area contributed by atoms with Gasteiger partial charge in [0.15, 0.2) is 0 Å². The summed E-state index contributed by atoms with van der Waals surface area (Å²) in [6.07, 6.45) is 0.960. The lowest BCUT2D eigenvalue weighted by Crippen LogP contribution is -2.58. The minimum Gasteiger partial charge on any atom is -0.394 e. The van der Waals surface area contributed by atoms with Gasteiger partial charge in [0.1, 0.15) is 0 Å². The Kier molecular flexibility index (Phi) is 9.74. The van der Waals surface area contributed by atoms with Gasteiger partial charge in [0.05, 0.1) is 24.3 Å². The third kappa shape index (κ3) is 6.80. The average Bonchev–Trinajstić information content (AvgIpc) is 2.75. The minimum atomic E-state index is -1.36. The molecule has 0 saturated carbocycles. The van der Waals surface area contributed by atoms with Crippen LogP contribution in [0.2, 0.25) is 10.0 Å². The molecule has 5 nitrogen and oxygen atoms in total. The fraction of sp³-hybridized carbons (Fsp3) is 0.400. The van der Waals surface area contributed by atoms with Crippen molar-refractivity contribution >= 4 is 29.1 Å². The zero-order valence-electron chi connectivity index (χ0n) is 18.5. The van der Waals surface area contributed by atoms with Crippen molar-refractivity contribution < 1.29 is 15.0 Å². The second kappa shape index (κ2) is 11.8. The summed E-state index contributed by atoms with van der Waals surface area (Å²) in [4.78, 5) is 13.2. The lowest BCUT2D eigenvalue weighted by atomic mass is 9.77. The summed E-state index contributed by atoms with van der Waals surface area (Å²) in [5.74, 6) is -0.905. The predicted octanol–water partition coefficient (Wildman–Crippen LogP) is 4.61. The number of aliphatic hydroxyl groups excluding tert-OH is 2. The summed E-state index contributed by atoms with van der Waals surface area (Å²) in [5, 5.41) is 24.9. The van der Waals surface area contributed by atoms with Gasteiger partial charge in [0, 0.05) is 16.0 Å². The molecule has 0 fully saturated rings. The molecule has 2 aromatic carbocycles. The molecule has 0 bridgehead atoms. The number of carbonyl (C=O) groups is 1. The molecule has 7 heteroatoms. The molecule has 2 rings (SSSR count). The molecule has 0 spiro atoms. The Morgan fingerprint density at radius 1 is 1.16 bits per heavy atom. The highest BCUT2D eigenvalue weighted by Gasteiger charge is 2.39. The first kappa shape index (κ1) is 26.4. The molecule has 1 unspecified atom stereocenters. The molecule has 1 amide bonds. The van der Waals surface area contributed by atoms with Gasteiger partial charge in [-0.15, -0.1) is 6.58 Å². The van der Waals surface area contributed by atoms with Crippen LogP contribution in [-0.2, 0) is 4.79 Å². The van der Waals surface area contributed by atoms with Gasteiger partial charge in [0.25, 0.3) is 0 Å². The summed E-state index contributed by atoms with van der Waals surface area (Å²) >= 11 is 12.2. The van der Waals surface area contributed by atoms with E-state index in [1.165, 1.54) is 0 Å². The number of aliphatic hydroxyl groups is 2. The summed E-state index contributed by atoms with van der Waals surface area (Å²) in [7, 11) is 0. The second-order valence-corrected chi connectivity index (χ2v) is 9.39. The topological polar surface area (TPSA) is 95.6 Å². The van der Waals surface area contributed by atoms with Crippen LogP contribution in [0.15, 0.2) is 61.2 Å². The molecular formula is C25H32Cl2N2O3. The monoisotopic (exact) mass is 478 g/mol. The van der Waals surface area contributed by atoms with Crippen LogP contribution >= 0.6 is 23.2 Å². The van der Waals surface area contributed by atoms with Crippen molar-refractivity contribution in [1.29, 1.82) is 0 Å². The number of hydrogen-bond donors (Lipinski definition) is 4. The molecular weight excluding hydrogens is 447 g/mol. The summed E-state index contributed by atoms with van der Waals surface area (Å²) in [6.45, 7) is 7.38. The van der Waals surface area contributed by atoms with Crippen molar-refractivity contribution in [3.05, 3.63) is 82.4 Å². The van der Waals surface area contributed by atoms with Gasteiger partial charge in [0.2, 0.25) is 5.91 Å². The second-order valence-electron chi connectivity index (χ2n) is 8.52. The Balaban J connectivity index is 2.44. The Labute approximate surface area is 200 Å². The van der Waals surface area contributed by atoms with Crippen molar-refractivity contribution in [2.45, 2.75) is 50.3 Å². The zero-order chi connectivity index (χ0) is 23.9. The molecule has 5 N–H and O–H groups in total. The quantitative estimate of drug-likeness (QED) is 0.354. The molecule has 0 aliphatic heterocycles. The van der Waals surface area contributed by atoms with Crippen molar-refractivity contribution in [3.63, 3.8) is 0 Å². The van der Waals surface area contributed by atoms with E-state index in [9.17, 15) is 15.0 Å². The van der Waals surface area contributed by atoms with Crippen LogP contribution in [-0.4, -0.2) is 34.3 Å². The molecule has 174 valence electrons. The molecule has 4 atom stereocenters. The first-order valence-electron chi connectivity index (χ1n) is 10.6. The SMILES string of the molecule is C=CCC(N)(C[C@H](c1cccc(Cl)c1)[C@@H](O)c1ccc(Cl)cc1)C(=O)N[C@H](CO)C(C)C. The lowest BCUT2D eigenvalue weighted by Gasteiger charge is -2.35. The Morgan fingerprint density at radius 3 is 2.34 bits per heavy atom. The van der Waals surface area contributed by atoms with Crippen LogP contribution in [0.5, 0.6) is 0 Å². The van der Waals surface area contributed by atoms with Crippen molar-refractivity contribution in [1.82, 2.24) is 5.32 Å². The van der Waals surface area contributed by atoms with E-state index in [1.54, 1.807) is 48.5 Å². The fourth-order valence-corrected chi connectivity index (χ4v) is 4.02. The van der Waals surface area contributed by atoms with Crippen LogP contribution in [0.3, 0.4) is 0 Å². The Hall–Kier alpha value is -1.89. The van der Waals surface area contributed by atoms with Crippen LogP contribution in [0.1, 0.15) is 49.8 Å². The Bertz CT molecular complexity index is 904. The number of nitrogens with two attached hydrogens (primary N) is 1. The maximum Gasteiger partial charge on any atom is 0.240 e. The smallest absolute Gasteiger partial charge is 0.240 e. The Morgan fingerprint density at radius 2 is 1.81 bits per heavy atom. The maximum atomic E-state index is 13.2. The van der Waals surface area contributed by atoms with E-state index >= 15 is 0 Å². The molecule has 0 aliphatic carbocycles. The van der Waals surface area contributed by atoms with Gasteiger partial charge >= 0.3 is 0 Å². The van der Waals surface area contributed by atoms with Gasteiger partial charge in [-0.2, -0.15) is 0 Å². The van der Waals surface area contributed by atoms with Gasteiger partial charge in [-0.05, 0) is 54.2 Å². The highest BCUT2D eigenvalue weighted by Crippen LogP contribution is 2.39. The van der Waals surface area contributed by atoms with E-state index in [2.05, 4.69) is 11.9 Å². The number of hydrogen-bond acceptors (Lipinski definition) is 4. The molecule has 0 radical (unpaired) electrons. The first-order valence-corrected chi connectivity index (χ1v) is 11.4. The zero-order valence-corrected chi connectivity index (χ0v) is 20.0. The summed E-state index contributed by atoms with van der Waals surface area (Å²) in [5.41, 5.74) is 6.69. The highest BCUT2D eigenvalue weighted by atomic mass is 35.5. The molecule has 0 saturated heterocycles. The van der Waals surface area contributed by atoms with Crippen LogP contribution in [0.25, 0.3) is 0 Å². The minimum absolute atomic E-state index is 0.0281. The van der Waals surface area contributed by atoms with Crippen molar-refractivity contribution in [3.8, 4) is 0 Å². The van der Waals surface area contributed by atoms with E-state index in [0.29, 0.717) is 15.6 Å². The summed E-state index contributed by atoms with van der Waals surface area (Å²) in [6, 6.07) is 13.6. The van der Waals surface area contributed by atoms with E-state index < -0.39 is 29.5 Å². The fourth-order valence-electron chi connectivity index (χ4n) is 3.70. The van der Waals surface area contributed by atoms with E-state index in [-0.39, 0.29) is 25.4 Å². The summed E-state index contributed by atoms with van der Waals surface area (Å²) < 4.78 is 0. The standard InChI is InChI=1S/C25H32Cl2N2O3/c1-4-12-25(28,24(32)29-22(15-30)16(2)3)14-21(18-6-5-7-20(27)13-18)23(31)17-8-10-19(26)11-9-17/h4-11,13,16,21-23,30-31H,1,12,14-15,28H2,2-3H3,(H,29,32)/t21-,22-,23+,25?/m1/s1. The normalized spacial score (nSPS) is 16.1. The number of benzene rings is 2. The molecule has 0 aromatic heterocycles. The van der Waals surface area contributed by atoms with Crippen LogP contribution in [0.4, 0.5) is 0 Å². The van der Waals surface area contributed by atoms with Crippen molar-refractivity contribution in [2.24, 2.45) is 11.7 Å². The predicted molar refractivity (Wildman–Crippen MR) is 131 cm³/mol. The van der Waals surface area contributed by atoms with Crippen molar-refractivity contribution in [2.75, 3.05) is 6.61 Å². The number of nitrogens with one attached hydrogen (secondary N) is 1. The third-order valence-electron chi connectivity index (χ3n) is 5.73. The first-order chi connectivity index (χ1) is 15.1. The highest BCUT2D eigenvalue weighted by molar-refractivity contribution is 6.30. The maximum absolute atomic E-state index is 13.2. The van der Waals surface area contributed by atoms with Crippen LogP contribution in [0, 0.1) is 5.92 Å². The van der Waals surface area contributed by atoms with E-state index in [4.69, 9.17) is 28.9 Å². The lowest BCUT2D eigenvalue weighted by molar-refractivity contribution is -0.128. The van der Waals surface area contributed by atoms with Gasteiger partial charge in [-0.25, -0.2) is 0 Å². The number of amides is 1. The van der Waals surface area contributed by atoms with Gasteiger partial charge in [-0.3, -0.25) is 4.79 Å². The van der Waals surface area contributed by atoms with E-state index in [0.717, 1.165) is 5.56 Å². The van der Waals surface area contributed by atoms with E-state index in [1.807, 2.05) is 19.9 Å². The third-order valence-corrected chi connectivity index (χ3v) is 6.22. The van der Waals surface area contributed by atoms with Crippen LogP contribution < -0.4 is 11.1 Å². The molecule has 2 aromatic rings. The largest absolute Gasteiger partial charge is 0.394 e. The number of rotatable bonds is 11. The molecule has 0 heterocycles. The van der Waals surface area contributed by atoms with Gasteiger partial charge in [-0.1, -0.05) is 67.4 Å². The molecule has 32 heavy (non-hydrogen) atoms. The van der Waals surface area contributed by atoms with Gasteiger partial charge < -0.3 is 21.3 Å². The average molecular weight is 479 g/mol. The number of carbonyl (C=O) groups excluding carboxylic acids is 1. The number of halogens is 2. The molecule has 0 aliphatic rings.